The highest BCUT2D eigenvalue weighted by Gasteiger charge is 2.25. The molecular weight excluding hydrogens is 190 g/mol. The number of hydrogen-bond acceptors (Lipinski definition) is 2. The molecule has 0 atom stereocenters. The molecule has 1 aromatic carbocycles. The largest absolute Gasteiger partial charge is 0.508 e. The van der Waals surface area contributed by atoms with Crippen molar-refractivity contribution in [3.63, 3.8) is 0 Å². The van der Waals surface area contributed by atoms with Gasteiger partial charge in [-0.25, -0.2) is 0 Å². The Morgan fingerprint density at radius 3 is 2.87 bits per heavy atom. The van der Waals surface area contributed by atoms with Gasteiger partial charge in [-0.2, -0.15) is 0 Å². The zero-order valence-corrected chi connectivity index (χ0v) is 8.81. The molecule has 2 rings (SSSR count). The molecule has 0 unspecified atom stereocenters. The minimum absolute atomic E-state index is 0.0159. The van der Waals surface area contributed by atoms with Crippen molar-refractivity contribution in [2.24, 2.45) is 5.92 Å². The SMILES string of the molecule is CN(CC1CC1)C(=O)c1cccc(O)c1. The van der Waals surface area contributed by atoms with E-state index in [1.54, 1.807) is 23.1 Å². The van der Waals surface area contributed by atoms with Gasteiger partial charge in [0.25, 0.3) is 5.91 Å². The Hall–Kier alpha value is -1.51. The maximum Gasteiger partial charge on any atom is 0.253 e. The Labute approximate surface area is 89.3 Å². The number of rotatable bonds is 3. The molecule has 80 valence electrons. The highest BCUT2D eigenvalue weighted by atomic mass is 16.3. The molecule has 3 nitrogen and oxygen atoms in total. The van der Waals surface area contributed by atoms with E-state index in [1.807, 2.05) is 7.05 Å². The molecule has 1 fully saturated rings. The summed E-state index contributed by atoms with van der Waals surface area (Å²) in [7, 11) is 1.81. The van der Waals surface area contributed by atoms with Crippen molar-refractivity contribution in [2.75, 3.05) is 13.6 Å². The van der Waals surface area contributed by atoms with Crippen LogP contribution in [0.5, 0.6) is 5.75 Å². The van der Waals surface area contributed by atoms with Crippen LogP contribution >= 0.6 is 0 Å². The Bertz CT molecular complexity index is 372. The van der Waals surface area contributed by atoms with Crippen LogP contribution < -0.4 is 0 Å². The molecule has 0 aliphatic heterocycles. The molecule has 0 spiro atoms. The first-order chi connectivity index (χ1) is 7.16. The average molecular weight is 205 g/mol. The van der Waals surface area contributed by atoms with Crippen LogP contribution in [0.2, 0.25) is 0 Å². The Balaban J connectivity index is 2.05. The van der Waals surface area contributed by atoms with Crippen LogP contribution in [0.1, 0.15) is 23.2 Å². The summed E-state index contributed by atoms with van der Waals surface area (Å²) in [4.78, 5) is 13.6. The van der Waals surface area contributed by atoms with Gasteiger partial charge in [0.1, 0.15) is 5.75 Å². The highest BCUT2D eigenvalue weighted by Crippen LogP contribution is 2.29. The van der Waals surface area contributed by atoms with Crippen LogP contribution in [-0.2, 0) is 0 Å². The number of carbonyl (C=O) groups excluding carboxylic acids is 1. The van der Waals surface area contributed by atoms with Crippen LogP contribution in [0.4, 0.5) is 0 Å². The molecule has 15 heavy (non-hydrogen) atoms. The quantitative estimate of drug-likeness (QED) is 0.818. The third-order valence-corrected chi connectivity index (χ3v) is 2.67. The first-order valence-corrected chi connectivity index (χ1v) is 5.21. The third kappa shape index (κ3) is 2.49. The standard InChI is InChI=1S/C12H15NO2/c1-13(8-9-5-6-9)12(15)10-3-2-4-11(14)7-10/h2-4,7,9,14H,5-6,8H2,1H3. The number of phenols is 1. The third-order valence-electron chi connectivity index (χ3n) is 2.67. The number of carbonyl (C=O) groups is 1. The first-order valence-electron chi connectivity index (χ1n) is 5.21. The fraction of sp³-hybridized carbons (Fsp3) is 0.417. The van der Waals surface area contributed by atoms with Crippen LogP contribution in [-0.4, -0.2) is 29.5 Å². The predicted octanol–water partition coefficient (Wildman–Crippen LogP) is 1.87. The van der Waals surface area contributed by atoms with E-state index in [2.05, 4.69) is 0 Å². The summed E-state index contributed by atoms with van der Waals surface area (Å²) in [6.45, 7) is 0.828. The summed E-state index contributed by atoms with van der Waals surface area (Å²) < 4.78 is 0. The van der Waals surface area contributed by atoms with Crippen LogP contribution in [0.15, 0.2) is 24.3 Å². The van der Waals surface area contributed by atoms with Crippen molar-refractivity contribution >= 4 is 5.91 Å². The van der Waals surface area contributed by atoms with Crippen molar-refractivity contribution in [3.8, 4) is 5.75 Å². The van der Waals surface area contributed by atoms with Gasteiger partial charge in [-0.05, 0) is 37.0 Å². The molecule has 0 aromatic heterocycles. The fourth-order valence-electron chi connectivity index (χ4n) is 1.63. The maximum absolute atomic E-state index is 11.9. The van der Waals surface area contributed by atoms with Gasteiger partial charge in [-0.15, -0.1) is 0 Å². The Morgan fingerprint density at radius 2 is 2.27 bits per heavy atom. The zero-order valence-electron chi connectivity index (χ0n) is 8.81. The summed E-state index contributed by atoms with van der Waals surface area (Å²) in [6.07, 6.45) is 2.47. The van der Waals surface area contributed by atoms with Crippen LogP contribution in [0, 0.1) is 5.92 Å². The second kappa shape index (κ2) is 3.93. The summed E-state index contributed by atoms with van der Waals surface area (Å²) in [5, 5.41) is 9.27. The van der Waals surface area contributed by atoms with Gasteiger partial charge < -0.3 is 10.0 Å². The lowest BCUT2D eigenvalue weighted by atomic mass is 10.2. The smallest absolute Gasteiger partial charge is 0.253 e. The Morgan fingerprint density at radius 1 is 1.53 bits per heavy atom. The number of phenolic OH excluding ortho intramolecular Hbond substituents is 1. The van der Waals surface area contributed by atoms with E-state index in [0.29, 0.717) is 11.5 Å². The average Bonchev–Trinajstić information content (AvgIpc) is 3.00. The molecule has 1 saturated carbocycles. The van der Waals surface area contributed by atoms with E-state index in [9.17, 15) is 9.90 Å². The van der Waals surface area contributed by atoms with Gasteiger partial charge in [0.15, 0.2) is 0 Å². The molecule has 1 aromatic rings. The minimum atomic E-state index is -0.0159. The number of benzene rings is 1. The summed E-state index contributed by atoms with van der Waals surface area (Å²) >= 11 is 0. The van der Waals surface area contributed by atoms with Crippen LogP contribution in [0.25, 0.3) is 0 Å². The minimum Gasteiger partial charge on any atom is -0.508 e. The molecule has 0 heterocycles. The van der Waals surface area contributed by atoms with Gasteiger partial charge in [-0.1, -0.05) is 6.07 Å². The molecule has 0 saturated heterocycles. The van der Waals surface area contributed by atoms with Gasteiger partial charge in [0.2, 0.25) is 0 Å². The molecule has 1 aliphatic rings. The van der Waals surface area contributed by atoms with Crippen LogP contribution in [0.3, 0.4) is 0 Å². The molecule has 1 aliphatic carbocycles. The first kappa shape index (κ1) is 10.0. The van der Waals surface area contributed by atoms with Crippen molar-refractivity contribution in [3.05, 3.63) is 29.8 Å². The van der Waals surface area contributed by atoms with Gasteiger partial charge in [0.05, 0.1) is 0 Å². The number of hydrogen-bond donors (Lipinski definition) is 1. The van der Waals surface area contributed by atoms with Gasteiger partial charge >= 0.3 is 0 Å². The van der Waals surface area contributed by atoms with E-state index in [1.165, 1.54) is 18.9 Å². The normalized spacial score (nSPS) is 15.0. The Kier molecular flexibility index (Phi) is 2.62. The van der Waals surface area contributed by atoms with E-state index >= 15 is 0 Å². The van der Waals surface area contributed by atoms with E-state index in [0.717, 1.165) is 6.54 Å². The van der Waals surface area contributed by atoms with Gasteiger partial charge in [0, 0.05) is 19.2 Å². The number of amides is 1. The van der Waals surface area contributed by atoms with Crippen molar-refractivity contribution < 1.29 is 9.90 Å². The number of aromatic hydroxyl groups is 1. The second-order valence-electron chi connectivity index (χ2n) is 4.18. The van der Waals surface area contributed by atoms with Crippen molar-refractivity contribution in [1.29, 1.82) is 0 Å². The lowest BCUT2D eigenvalue weighted by Gasteiger charge is -2.16. The molecular formula is C12H15NO2. The summed E-state index contributed by atoms with van der Waals surface area (Å²) in [6, 6.07) is 6.49. The molecule has 0 radical (unpaired) electrons. The van der Waals surface area contributed by atoms with Crippen molar-refractivity contribution in [2.45, 2.75) is 12.8 Å². The maximum atomic E-state index is 11.9. The summed E-state index contributed by atoms with van der Waals surface area (Å²) in [5.74, 6) is 0.815. The molecule has 1 N–H and O–H groups in total. The molecule has 1 amide bonds. The number of nitrogens with zero attached hydrogens (tertiary/aromatic N) is 1. The predicted molar refractivity (Wildman–Crippen MR) is 57.8 cm³/mol. The molecule has 0 bridgehead atoms. The topological polar surface area (TPSA) is 40.5 Å². The van der Waals surface area contributed by atoms with E-state index in [-0.39, 0.29) is 11.7 Å². The van der Waals surface area contributed by atoms with E-state index in [4.69, 9.17) is 0 Å². The molecule has 3 heteroatoms. The monoisotopic (exact) mass is 205 g/mol. The lowest BCUT2D eigenvalue weighted by molar-refractivity contribution is 0.0788. The highest BCUT2D eigenvalue weighted by molar-refractivity contribution is 5.94. The second-order valence-corrected chi connectivity index (χ2v) is 4.18. The summed E-state index contributed by atoms with van der Waals surface area (Å²) in [5.41, 5.74) is 0.554. The fourth-order valence-corrected chi connectivity index (χ4v) is 1.63. The van der Waals surface area contributed by atoms with Gasteiger partial charge in [-0.3, -0.25) is 4.79 Å². The lowest BCUT2D eigenvalue weighted by Crippen LogP contribution is -2.28. The zero-order chi connectivity index (χ0) is 10.8. The van der Waals surface area contributed by atoms with Crippen molar-refractivity contribution in [1.82, 2.24) is 4.90 Å². The van der Waals surface area contributed by atoms with E-state index < -0.39 is 0 Å².